The number of carbonyl (C=O) groups is 1. The van der Waals surface area contributed by atoms with Crippen LogP contribution in [0.25, 0.3) is 0 Å². The molecule has 0 heterocycles. The predicted molar refractivity (Wildman–Crippen MR) is 49.2 cm³/mol. The number of amides is 1. The Labute approximate surface area is 88.2 Å². The van der Waals surface area contributed by atoms with Crippen molar-refractivity contribution in [3.8, 4) is 0 Å². The van der Waals surface area contributed by atoms with Gasteiger partial charge in [-0.3, -0.25) is 4.79 Å². The first kappa shape index (κ1) is 12.3. The van der Waals surface area contributed by atoms with Crippen molar-refractivity contribution in [2.75, 3.05) is 12.3 Å². The molecule has 1 aromatic rings. The summed E-state index contributed by atoms with van der Waals surface area (Å²) in [5.41, 5.74) is 4.83. The number of carbonyl (C=O) groups excluding carboxylic acids is 1. The fraction of sp³-hybridized carbons (Fsp3) is 0.222. The third-order valence-electron chi connectivity index (χ3n) is 1.69. The molecule has 7 heteroatoms. The van der Waals surface area contributed by atoms with Gasteiger partial charge in [-0.25, -0.2) is 4.39 Å². The van der Waals surface area contributed by atoms with E-state index in [-0.39, 0.29) is 5.69 Å². The second-order valence-electron chi connectivity index (χ2n) is 3.04. The molecule has 3 N–H and O–H groups in total. The van der Waals surface area contributed by atoms with Crippen LogP contribution in [0.3, 0.4) is 0 Å². The quantitative estimate of drug-likeness (QED) is 0.606. The van der Waals surface area contributed by atoms with E-state index in [0.717, 1.165) is 12.1 Å². The summed E-state index contributed by atoms with van der Waals surface area (Å²) in [6.07, 6.45) is -4.53. The van der Waals surface area contributed by atoms with Crippen molar-refractivity contribution in [2.24, 2.45) is 0 Å². The molecule has 1 aromatic carbocycles. The molecule has 88 valence electrons. The van der Waals surface area contributed by atoms with Crippen molar-refractivity contribution in [1.82, 2.24) is 5.32 Å². The molecule has 0 radical (unpaired) electrons. The molecular formula is C9H8F4N2O. The molecular weight excluding hydrogens is 228 g/mol. The van der Waals surface area contributed by atoms with Gasteiger partial charge in [-0.2, -0.15) is 13.2 Å². The van der Waals surface area contributed by atoms with Crippen LogP contribution in [0.4, 0.5) is 23.2 Å². The van der Waals surface area contributed by atoms with Crippen molar-refractivity contribution in [3.05, 3.63) is 29.6 Å². The summed E-state index contributed by atoms with van der Waals surface area (Å²) in [4.78, 5) is 11.1. The number of nitrogens with one attached hydrogen (secondary N) is 1. The van der Waals surface area contributed by atoms with Gasteiger partial charge in [-0.05, 0) is 18.2 Å². The highest BCUT2D eigenvalue weighted by atomic mass is 19.4. The van der Waals surface area contributed by atoms with Crippen molar-refractivity contribution in [1.29, 1.82) is 0 Å². The van der Waals surface area contributed by atoms with E-state index in [0.29, 0.717) is 0 Å². The number of benzene rings is 1. The number of alkyl halides is 3. The van der Waals surface area contributed by atoms with Crippen LogP contribution in [0.2, 0.25) is 0 Å². The number of rotatable bonds is 2. The van der Waals surface area contributed by atoms with Gasteiger partial charge in [0.05, 0.1) is 5.56 Å². The number of anilines is 1. The van der Waals surface area contributed by atoms with Gasteiger partial charge in [-0.15, -0.1) is 0 Å². The Hall–Kier alpha value is -1.79. The lowest BCUT2D eigenvalue weighted by Gasteiger charge is -2.08. The van der Waals surface area contributed by atoms with Crippen molar-refractivity contribution >= 4 is 11.6 Å². The Bertz CT molecular complexity index is 403. The Balaban J connectivity index is 2.74. The van der Waals surface area contributed by atoms with E-state index in [1.807, 2.05) is 0 Å². The first-order valence-electron chi connectivity index (χ1n) is 4.19. The van der Waals surface area contributed by atoms with Crippen molar-refractivity contribution in [2.45, 2.75) is 6.18 Å². The van der Waals surface area contributed by atoms with Gasteiger partial charge in [0.15, 0.2) is 0 Å². The average Bonchev–Trinajstić information content (AvgIpc) is 2.13. The summed E-state index contributed by atoms with van der Waals surface area (Å²) in [6, 6.07) is 3.12. The van der Waals surface area contributed by atoms with E-state index >= 15 is 0 Å². The van der Waals surface area contributed by atoms with Gasteiger partial charge in [0.1, 0.15) is 12.4 Å². The molecule has 0 spiro atoms. The zero-order chi connectivity index (χ0) is 12.3. The van der Waals surface area contributed by atoms with Crippen molar-refractivity contribution in [3.63, 3.8) is 0 Å². The van der Waals surface area contributed by atoms with Gasteiger partial charge < -0.3 is 11.1 Å². The smallest absolute Gasteiger partial charge is 0.399 e. The fourth-order valence-electron chi connectivity index (χ4n) is 0.991. The summed E-state index contributed by atoms with van der Waals surface area (Å²) >= 11 is 0. The molecule has 0 unspecified atom stereocenters. The van der Waals surface area contributed by atoms with E-state index in [1.54, 1.807) is 5.32 Å². The summed E-state index contributed by atoms with van der Waals surface area (Å²) in [6.45, 7) is -1.50. The Morgan fingerprint density at radius 2 is 2.00 bits per heavy atom. The zero-order valence-electron chi connectivity index (χ0n) is 7.94. The summed E-state index contributed by atoms with van der Waals surface area (Å²) in [5.74, 6) is -2.09. The molecule has 1 rings (SSSR count). The van der Waals surface area contributed by atoms with E-state index in [9.17, 15) is 22.4 Å². The predicted octanol–water partition coefficient (Wildman–Crippen LogP) is 1.70. The van der Waals surface area contributed by atoms with Crippen LogP contribution in [-0.2, 0) is 0 Å². The molecule has 0 aliphatic rings. The molecule has 0 atom stereocenters. The number of hydrogen-bond acceptors (Lipinski definition) is 2. The van der Waals surface area contributed by atoms with Crippen LogP contribution < -0.4 is 11.1 Å². The maximum absolute atomic E-state index is 13.1. The molecule has 0 fully saturated rings. The molecule has 0 bridgehead atoms. The highest BCUT2D eigenvalue weighted by Gasteiger charge is 2.28. The number of nitrogen functional groups attached to an aromatic ring is 1. The van der Waals surface area contributed by atoms with Gasteiger partial charge in [-0.1, -0.05) is 0 Å². The second-order valence-corrected chi connectivity index (χ2v) is 3.04. The lowest BCUT2D eigenvalue weighted by atomic mass is 10.2. The normalized spacial score (nSPS) is 11.2. The number of halogens is 4. The third kappa shape index (κ3) is 3.41. The monoisotopic (exact) mass is 236 g/mol. The minimum Gasteiger partial charge on any atom is -0.399 e. The van der Waals surface area contributed by atoms with Gasteiger partial charge in [0, 0.05) is 5.69 Å². The van der Waals surface area contributed by atoms with Crippen LogP contribution >= 0.6 is 0 Å². The van der Waals surface area contributed by atoms with Crippen LogP contribution in [0.15, 0.2) is 18.2 Å². The average molecular weight is 236 g/mol. The maximum Gasteiger partial charge on any atom is 0.405 e. The lowest BCUT2D eigenvalue weighted by Crippen LogP contribution is -2.34. The molecule has 0 aliphatic carbocycles. The molecule has 0 aromatic heterocycles. The minimum atomic E-state index is -4.53. The lowest BCUT2D eigenvalue weighted by molar-refractivity contribution is -0.123. The van der Waals surface area contributed by atoms with E-state index in [4.69, 9.17) is 5.73 Å². The Morgan fingerprint density at radius 3 is 2.50 bits per heavy atom. The van der Waals surface area contributed by atoms with Crippen LogP contribution in [0.1, 0.15) is 10.4 Å². The SMILES string of the molecule is Nc1ccc(C(=O)NCC(F)(F)F)c(F)c1. The first-order chi connectivity index (χ1) is 7.29. The standard InChI is InChI=1S/C9H8F4N2O/c10-7-3-5(14)1-2-6(7)8(16)15-4-9(11,12)13/h1-3H,4,14H2,(H,15,16). The topological polar surface area (TPSA) is 55.1 Å². The van der Waals surface area contributed by atoms with Gasteiger partial charge in [0.2, 0.25) is 0 Å². The Morgan fingerprint density at radius 1 is 1.38 bits per heavy atom. The second kappa shape index (κ2) is 4.38. The minimum absolute atomic E-state index is 0.0878. The van der Waals surface area contributed by atoms with E-state index < -0.39 is 30.0 Å². The molecule has 3 nitrogen and oxygen atoms in total. The fourth-order valence-corrected chi connectivity index (χ4v) is 0.991. The van der Waals surface area contributed by atoms with E-state index in [1.165, 1.54) is 6.07 Å². The summed E-state index contributed by atoms with van der Waals surface area (Å²) in [5, 5.41) is 1.55. The van der Waals surface area contributed by atoms with Crippen molar-refractivity contribution < 1.29 is 22.4 Å². The summed E-state index contributed by atoms with van der Waals surface area (Å²) < 4.78 is 48.4. The van der Waals surface area contributed by atoms with Gasteiger partial charge >= 0.3 is 6.18 Å². The third-order valence-corrected chi connectivity index (χ3v) is 1.69. The molecule has 1 amide bonds. The largest absolute Gasteiger partial charge is 0.405 e. The summed E-state index contributed by atoms with van der Waals surface area (Å²) in [7, 11) is 0. The van der Waals surface area contributed by atoms with Crippen LogP contribution in [0, 0.1) is 5.82 Å². The number of nitrogens with two attached hydrogens (primary N) is 1. The molecule has 0 saturated carbocycles. The highest BCUT2D eigenvalue weighted by Crippen LogP contribution is 2.14. The van der Waals surface area contributed by atoms with E-state index in [2.05, 4.69) is 0 Å². The number of hydrogen-bond donors (Lipinski definition) is 2. The van der Waals surface area contributed by atoms with Gasteiger partial charge in [0.25, 0.3) is 5.91 Å². The Kier molecular flexibility index (Phi) is 3.36. The highest BCUT2D eigenvalue weighted by molar-refractivity contribution is 5.94. The molecule has 0 aliphatic heterocycles. The zero-order valence-corrected chi connectivity index (χ0v) is 7.94. The molecule has 0 saturated heterocycles. The maximum atomic E-state index is 13.1. The molecule has 16 heavy (non-hydrogen) atoms. The van der Waals surface area contributed by atoms with Crippen LogP contribution in [-0.4, -0.2) is 18.6 Å². The first-order valence-corrected chi connectivity index (χ1v) is 4.19. The van der Waals surface area contributed by atoms with Crippen LogP contribution in [0.5, 0.6) is 0 Å².